The third-order valence-electron chi connectivity index (χ3n) is 6.37. The van der Waals surface area contributed by atoms with Crippen LogP contribution in [0.2, 0.25) is 10.0 Å². The second kappa shape index (κ2) is 11.2. The van der Waals surface area contributed by atoms with Gasteiger partial charge in [-0.3, -0.25) is 4.79 Å². The number of sulfone groups is 1. The molecule has 1 saturated heterocycles. The summed E-state index contributed by atoms with van der Waals surface area (Å²) in [6.45, 7) is 2.89. The maximum atomic E-state index is 13.8. The predicted octanol–water partition coefficient (Wildman–Crippen LogP) is 6.55. The molecule has 35 heavy (non-hydrogen) atoms. The largest absolute Gasteiger partial charge is 0.490 e. The summed E-state index contributed by atoms with van der Waals surface area (Å²) in [7, 11) is -3.20. The van der Waals surface area contributed by atoms with E-state index in [9.17, 15) is 13.2 Å². The summed E-state index contributed by atoms with van der Waals surface area (Å²) in [5.41, 5.74) is 1.26. The van der Waals surface area contributed by atoms with E-state index in [1.54, 1.807) is 17.0 Å². The van der Waals surface area contributed by atoms with Crippen molar-refractivity contribution in [3.8, 4) is 5.75 Å². The third kappa shape index (κ3) is 6.11. The first kappa shape index (κ1) is 25.8. The molecule has 1 heterocycles. The Bertz CT molecular complexity index is 1300. The van der Waals surface area contributed by atoms with Crippen LogP contribution in [0.4, 0.5) is 0 Å². The Labute approximate surface area is 216 Å². The zero-order valence-electron chi connectivity index (χ0n) is 19.7. The number of nitrogens with zero attached hydrogens (tertiary/aromatic N) is 1. The molecule has 1 aliphatic heterocycles. The zero-order chi connectivity index (χ0) is 25.0. The number of halogens is 2. The van der Waals surface area contributed by atoms with Crippen molar-refractivity contribution >= 4 is 49.7 Å². The van der Waals surface area contributed by atoms with Gasteiger partial charge >= 0.3 is 0 Å². The van der Waals surface area contributed by atoms with E-state index in [0.717, 1.165) is 35.6 Å². The summed E-state index contributed by atoms with van der Waals surface area (Å²) in [5.74, 6) is 0.0819. The zero-order valence-corrected chi connectivity index (χ0v) is 22.0. The highest BCUT2D eigenvalue weighted by atomic mass is 35.5. The predicted molar refractivity (Wildman–Crippen MR) is 142 cm³/mol. The monoisotopic (exact) mass is 533 g/mol. The van der Waals surface area contributed by atoms with Crippen LogP contribution in [0.25, 0.3) is 10.8 Å². The second-order valence-electron chi connectivity index (χ2n) is 8.95. The molecule has 1 atom stereocenters. The van der Waals surface area contributed by atoms with Crippen molar-refractivity contribution in [2.24, 2.45) is 0 Å². The summed E-state index contributed by atoms with van der Waals surface area (Å²) >= 11 is 12.9. The van der Waals surface area contributed by atoms with Gasteiger partial charge in [-0.15, -0.1) is 0 Å². The Morgan fingerprint density at radius 2 is 1.77 bits per heavy atom. The molecule has 0 aromatic heterocycles. The quantitative estimate of drug-likeness (QED) is 0.292. The van der Waals surface area contributed by atoms with Crippen LogP contribution in [-0.2, 0) is 16.4 Å². The summed E-state index contributed by atoms with van der Waals surface area (Å²) in [6, 6.07) is 16.6. The Balaban J connectivity index is 1.65. The maximum absolute atomic E-state index is 13.8. The van der Waals surface area contributed by atoms with Crippen molar-refractivity contribution in [2.45, 2.75) is 45.2 Å². The number of carbonyl (C=O) groups excluding carboxylic acids is 1. The van der Waals surface area contributed by atoms with Crippen LogP contribution < -0.4 is 4.74 Å². The van der Waals surface area contributed by atoms with Crippen LogP contribution in [0, 0.1) is 0 Å². The van der Waals surface area contributed by atoms with E-state index in [1.807, 2.05) is 42.5 Å². The topological polar surface area (TPSA) is 63.7 Å². The number of carbonyl (C=O) groups is 1. The highest BCUT2D eigenvalue weighted by Crippen LogP contribution is 2.35. The fourth-order valence-corrected chi connectivity index (χ4v) is 6.84. The molecule has 0 unspecified atom stereocenters. The molecule has 0 saturated carbocycles. The molecule has 0 radical (unpaired) electrons. The SMILES string of the molecule is CCCCCOc1c(Cl)cc(C(=O)N(Cc2cccc3ccccc23)[C@H]2CCS(=O)(=O)C2)cc1Cl. The van der Waals surface area contributed by atoms with Crippen molar-refractivity contribution in [1.82, 2.24) is 4.90 Å². The fourth-order valence-electron chi connectivity index (χ4n) is 4.52. The fraction of sp³-hybridized carbons (Fsp3) is 0.370. The van der Waals surface area contributed by atoms with Crippen LogP contribution in [-0.4, -0.2) is 43.4 Å². The molecule has 0 N–H and O–H groups in total. The minimum atomic E-state index is -3.20. The minimum absolute atomic E-state index is 0.0520. The van der Waals surface area contributed by atoms with Gasteiger partial charge in [-0.25, -0.2) is 8.42 Å². The summed E-state index contributed by atoms with van der Waals surface area (Å²) in [6.07, 6.45) is 3.40. The molecule has 0 aliphatic carbocycles. The first-order valence-corrected chi connectivity index (χ1v) is 14.5. The standard InChI is InChI=1S/C27H29Cl2NO4S/c1-2-3-6-13-34-26-24(28)15-21(16-25(26)29)27(31)30(22-12-14-35(32,33)18-22)17-20-10-7-9-19-8-4-5-11-23(19)20/h4-5,7-11,15-16,22H,2-3,6,12-14,17-18H2,1H3/t22-/m0/s1. The normalized spacial score (nSPS) is 16.9. The van der Waals surface area contributed by atoms with Gasteiger partial charge in [-0.2, -0.15) is 0 Å². The van der Waals surface area contributed by atoms with E-state index < -0.39 is 15.9 Å². The van der Waals surface area contributed by atoms with E-state index in [0.29, 0.717) is 24.3 Å². The molecular weight excluding hydrogens is 505 g/mol. The number of benzene rings is 3. The lowest BCUT2D eigenvalue weighted by molar-refractivity contribution is 0.0682. The molecular formula is C27H29Cl2NO4S. The molecule has 1 aliphatic rings. The smallest absolute Gasteiger partial charge is 0.254 e. The van der Waals surface area contributed by atoms with Crippen molar-refractivity contribution in [3.05, 3.63) is 75.8 Å². The van der Waals surface area contributed by atoms with E-state index in [1.165, 1.54) is 0 Å². The number of rotatable bonds is 9. The third-order valence-corrected chi connectivity index (χ3v) is 8.68. The van der Waals surface area contributed by atoms with Gasteiger partial charge in [0, 0.05) is 18.2 Å². The van der Waals surface area contributed by atoms with Crippen molar-refractivity contribution < 1.29 is 17.9 Å². The van der Waals surface area contributed by atoms with Crippen LogP contribution in [0.3, 0.4) is 0 Å². The van der Waals surface area contributed by atoms with E-state index in [2.05, 4.69) is 6.92 Å². The maximum Gasteiger partial charge on any atom is 0.254 e. The van der Waals surface area contributed by atoms with Gasteiger partial charge in [0.05, 0.1) is 28.2 Å². The number of amides is 1. The second-order valence-corrected chi connectivity index (χ2v) is 12.0. The molecule has 5 nitrogen and oxygen atoms in total. The van der Waals surface area contributed by atoms with Crippen LogP contribution in [0.1, 0.15) is 48.5 Å². The highest BCUT2D eigenvalue weighted by molar-refractivity contribution is 7.91. The Hall–Kier alpha value is -2.28. The summed E-state index contributed by atoms with van der Waals surface area (Å²) in [4.78, 5) is 15.4. The van der Waals surface area contributed by atoms with Gasteiger partial charge < -0.3 is 9.64 Å². The van der Waals surface area contributed by atoms with Crippen molar-refractivity contribution in [1.29, 1.82) is 0 Å². The van der Waals surface area contributed by atoms with Crippen LogP contribution >= 0.6 is 23.2 Å². The molecule has 0 spiro atoms. The summed E-state index contributed by atoms with van der Waals surface area (Å²) in [5, 5.41) is 2.62. The minimum Gasteiger partial charge on any atom is -0.490 e. The lowest BCUT2D eigenvalue weighted by atomic mass is 10.0. The molecule has 3 aromatic rings. The average Bonchev–Trinajstić information content (AvgIpc) is 3.20. The first-order chi connectivity index (χ1) is 16.8. The molecule has 1 amide bonds. The molecule has 8 heteroatoms. The lowest BCUT2D eigenvalue weighted by Gasteiger charge is -2.29. The summed E-state index contributed by atoms with van der Waals surface area (Å²) < 4.78 is 30.3. The molecule has 3 aromatic carbocycles. The molecule has 186 valence electrons. The van der Waals surface area contributed by atoms with Gasteiger partial charge in [-0.1, -0.05) is 85.4 Å². The van der Waals surface area contributed by atoms with E-state index in [-0.39, 0.29) is 34.0 Å². The number of ether oxygens (including phenoxy) is 1. The van der Waals surface area contributed by atoms with Crippen molar-refractivity contribution in [2.75, 3.05) is 18.1 Å². The average molecular weight is 535 g/mol. The molecule has 0 bridgehead atoms. The van der Waals surface area contributed by atoms with Gasteiger partial charge in [0.25, 0.3) is 5.91 Å². The molecule has 1 fully saturated rings. The van der Waals surface area contributed by atoms with Gasteiger partial charge in [0.1, 0.15) is 0 Å². The molecule has 4 rings (SSSR count). The number of fused-ring (bicyclic) bond motifs is 1. The Kier molecular flexibility index (Phi) is 8.25. The number of unbranched alkanes of at least 4 members (excludes halogenated alkanes) is 2. The Morgan fingerprint density at radius 3 is 2.46 bits per heavy atom. The number of hydrogen-bond donors (Lipinski definition) is 0. The first-order valence-electron chi connectivity index (χ1n) is 11.9. The highest BCUT2D eigenvalue weighted by Gasteiger charge is 2.35. The van der Waals surface area contributed by atoms with E-state index >= 15 is 0 Å². The van der Waals surface area contributed by atoms with Crippen LogP contribution in [0.15, 0.2) is 54.6 Å². The van der Waals surface area contributed by atoms with Crippen molar-refractivity contribution in [3.63, 3.8) is 0 Å². The van der Waals surface area contributed by atoms with Gasteiger partial charge in [-0.05, 0) is 41.3 Å². The van der Waals surface area contributed by atoms with E-state index in [4.69, 9.17) is 27.9 Å². The Morgan fingerprint density at radius 1 is 1.06 bits per heavy atom. The number of hydrogen-bond acceptors (Lipinski definition) is 4. The van der Waals surface area contributed by atoms with Gasteiger partial charge in [0.15, 0.2) is 15.6 Å². The van der Waals surface area contributed by atoms with Gasteiger partial charge in [0.2, 0.25) is 0 Å². The van der Waals surface area contributed by atoms with Crippen LogP contribution in [0.5, 0.6) is 5.75 Å². The lowest BCUT2D eigenvalue weighted by Crippen LogP contribution is -2.40.